The highest BCUT2D eigenvalue weighted by Gasteiger charge is 2.22. The summed E-state index contributed by atoms with van der Waals surface area (Å²) in [6, 6.07) is 37.0. The summed E-state index contributed by atoms with van der Waals surface area (Å²) in [7, 11) is -4.04. The van der Waals surface area contributed by atoms with Crippen molar-refractivity contribution in [2.24, 2.45) is 0 Å². The number of hydrogen-bond acceptors (Lipinski definition) is 9. The van der Waals surface area contributed by atoms with Crippen molar-refractivity contribution < 1.29 is 25.8 Å². The summed E-state index contributed by atoms with van der Waals surface area (Å²) < 4.78 is 56.0. The van der Waals surface area contributed by atoms with Crippen molar-refractivity contribution in [1.29, 1.82) is 0 Å². The molecule has 11 heteroatoms. The molecule has 0 aliphatic rings. The minimum Gasteiger partial charge on any atom is -0.449 e. The Bertz CT molecular complexity index is 2820. The van der Waals surface area contributed by atoms with Gasteiger partial charge in [-0.15, -0.1) is 0 Å². The Balaban J connectivity index is 0.000000213. The molecule has 0 fully saturated rings. The average molecular weight is 864 g/mol. The Hall–Kier alpha value is -4.94. The molecule has 0 saturated heterocycles. The summed E-state index contributed by atoms with van der Waals surface area (Å²) in [6.45, 7) is 13.7. The van der Waals surface area contributed by atoms with Gasteiger partial charge in [0.15, 0.2) is 21.0 Å². The molecule has 0 spiro atoms. The molecule has 2 aromatic heterocycles. The zero-order valence-electron chi connectivity index (χ0n) is 34.8. The van der Waals surface area contributed by atoms with Crippen LogP contribution >= 0.6 is 23.5 Å². The number of alkyl halides is 1. The van der Waals surface area contributed by atoms with E-state index in [0.717, 1.165) is 16.7 Å². The molecule has 0 atom stereocenters. The van der Waals surface area contributed by atoms with Gasteiger partial charge in [0, 0.05) is 11.5 Å². The maximum absolute atomic E-state index is 13.4. The molecule has 0 unspecified atom stereocenters. The van der Waals surface area contributed by atoms with Crippen LogP contribution in [0.15, 0.2) is 155 Å². The van der Waals surface area contributed by atoms with Crippen LogP contribution in [-0.4, -0.2) is 8.42 Å². The molecule has 0 aliphatic carbocycles. The van der Waals surface area contributed by atoms with E-state index in [0.29, 0.717) is 43.6 Å². The van der Waals surface area contributed by atoms with Crippen LogP contribution in [0.3, 0.4) is 0 Å². The molecule has 60 heavy (non-hydrogen) atoms. The van der Waals surface area contributed by atoms with Crippen LogP contribution in [0.4, 0.5) is 4.39 Å². The van der Waals surface area contributed by atoms with E-state index in [4.69, 9.17) is 13.0 Å². The van der Waals surface area contributed by atoms with Crippen molar-refractivity contribution in [1.82, 2.24) is 0 Å². The zero-order chi connectivity index (χ0) is 43.2. The fourth-order valence-electron chi connectivity index (χ4n) is 6.20. The van der Waals surface area contributed by atoms with Crippen LogP contribution in [0.25, 0.3) is 21.9 Å². The van der Waals surface area contributed by atoms with Gasteiger partial charge in [-0.05, 0) is 76.4 Å². The van der Waals surface area contributed by atoms with Gasteiger partial charge in [0.1, 0.15) is 17.8 Å². The fourth-order valence-corrected chi connectivity index (χ4v) is 9.01. The second-order valence-corrected chi connectivity index (χ2v) is 20.0. The lowest BCUT2D eigenvalue weighted by Crippen LogP contribution is -2.15. The van der Waals surface area contributed by atoms with Crippen molar-refractivity contribution in [3.8, 4) is 0 Å². The SMILES string of the molecule is CC(C)(C)c1ccc(CSc2oc3ccccc3c(=O)c2C[18F])cc1.Cc1ccc(S(=O)(=O)OCc2c(SCc3ccc(C(C)(C)C)cc3)oc3ccccc3c2=O)cc1. The predicted octanol–water partition coefficient (Wildman–Crippen LogP) is 12.4. The van der Waals surface area contributed by atoms with Gasteiger partial charge < -0.3 is 8.83 Å². The summed E-state index contributed by atoms with van der Waals surface area (Å²) in [5.41, 5.74) is 6.45. The summed E-state index contributed by atoms with van der Waals surface area (Å²) in [5, 5.41) is 1.53. The second kappa shape index (κ2) is 18.8. The third kappa shape index (κ3) is 10.9. The predicted molar refractivity (Wildman–Crippen MR) is 242 cm³/mol. The molecular formula is C49H49FO7S3. The van der Waals surface area contributed by atoms with E-state index >= 15 is 0 Å². The molecule has 5 aromatic carbocycles. The molecule has 0 bridgehead atoms. The zero-order valence-corrected chi connectivity index (χ0v) is 37.3. The van der Waals surface area contributed by atoms with Gasteiger partial charge >= 0.3 is 0 Å². The number of halogens is 1. The lowest BCUT2D eigenvalue weighted by Gasteiger charge is -2.19. The number of thioether (sulfide) groups is 2. The third-order valence-electron chi connectivity index (χ3n) is 9.89. The molecule has 0 amide bonds. The van der Waals surface area contributed by atoms with Gasteiger partial charge in [-0.25, -0.2) is 4.39 Å². The Kier molecular flexibility index (Phi) is 14.0. The first kappa shape index (κ1) is 44.6. The Labute approximate surface area is 359 Å². The maximum atomic E-state index is 13.4. The number of rotatable bonds is 11. The van der Waals surface area contributed by atoms with E-state index in [1.54, 1.807) is 60.7 Å². The second-order valence-electron chi connectivity index (χ2n) is 16.5. The molecule has 0 aliphatic heterocycles. The Morgan fingerprint density at radius 1 is 0.583 bits per heavy atom. The standard InChI is InChI=1S/C28H28O5S2.C21H21FO2S/c1-19-9-15-22(16-10-19)35(30,31)32-17-24-26(29)23-7-5-6-8-25(23)33-27(24)34-18-20-11-13-21(14-12-20)28(2,3)4;1-21(2,3)15-10-8-14(9-11-15)13-25-20-17(12-22)19(23)16-6-4-5-7-18(16)24-20/h5-16H,17-18H2,1-4H3;4-11H,12-13H2,1-3H3/i;22-1. The molecule has 7 nitrogen and oxygen atoms in total. The molecule has 2 heterocycles. The van der Waals surface area contributed by atoms with Crippen LogP contribution in [0.1, 0.15) is 80.5 Å². The normalized spacial score (nSPS) is 12.1. The summed E-state index contributed by atoms with van der Waals surface area (Å²) in [5.74, 6) is 1.18. The minimum absolute atomic E-state index is 0.0430. The molecule has 0 N–H and O–H groups in total. The van der Waals surface area contributed by atoms with Gasteiger partial charge in [-0.2, -0.15) is 8.42 Å². The quantitative estimate of drug-likeness (QED) is 0.0928. The van der Waals surface area contributed by atoms with Gasteiger partial charge in [0.05, 0.1) is 33.4 Å². The highest BCUT2D eigenvalue weighted by molar-refractivity contribution is 7.98. The van der Waals surface area contributed by atoms with E-state index in [-0.39, 0.29) is 37.7 Å². The first-order valence-corrected chi connectivity index (χ1v) is 22.9. The van der Waals surface area contributed by atoms with E-state index in [1.807, 2.05) is 6.92 Å². The van der Waals surface area contributed by atoms with Crippen LogP contribution in [0.2, 0.25) is 0 Å². The monoisotopic (exact) mass is 863 g/mol. The molecular weight excluding hydrogens is 815 g/mol. The van der Waals surface area contributed by atoms with Crippen LogP contribution in [-0.2, 0) is 49.9 Å². The molecule has 312 valence electrons. The highest BCUT2D eigenvalue weighted by atomic mass is 32.2. The molecule has 0 saturated carbocycles. The number of aryl methyl sites for hydroxylation is 1. The number of benzene rings is 5. The lowest BCUT2D eigenvalue weighted by molar-refractivity contribution is 0.296. The van der Waals surface area contributed by atoms with E-state index in [1.165, 1.54) is 46.8 Å². The van der Waals surface area contributed by atoms with Crippen molar-refractivity contribution in [3.63, 3.8) is 0 Å². The largest absolute Gasteiger partial charge is 0.449 e. The Morgan fingerprint density at radius 3 is 1.43 bits per heavy atom. The Morgan fingerprint density at radius 2 is 1.00 bits per heavy atom. The average Bonchev–Trinajstić information content (AvgIpc) is 3.22. The molecule has 7 aromatic rings. The first-order valence-electron chi connectivity index (χ1n) is 19.5. The number of hydrogen-bond donors (Lipinski definition) is 0. The summed E-state index contributed by atoms with van der Waals surface area (Å²) >= 11 is 2.71. The summed E-state index contributed by atoms with van der Waals surface area (Å²) in [6.07, 6.45) is 0. The van der Waals surface area contributed by atoms with Gasteiger partial charge in [0.2, 0.25) is 0 Å². The first-order chi connectivity index (χ1) is 28.4. The van der Waals surface area contributed by atoms with Crippen LogP contribution in [0.5, 0.6) is 0 Å². The van der Waals surface area contributed by atoms with Gasteiger partial charge in [0.25, 0.3) is 10.1 Å². The van der Waals surface area contributed by atoms with Crippen LogP contribution < -0.4 is 10.9 Å². The topological polar surface area (TPSA) is 104 Å². The van der Waals surface area contributed by atoms with Crippen molar-refractivity contribution >= 4 is 55.6 Å². The van der Waals surface area contributed by atoms with Crippen molar-refractivity contribution in [2.75, 3.05) is 0 Å². The maximum Gasteiger partial charge on any atom is 0.297 e. The highest BCUT2D eigenvalue weighted by Crippen LogP contribution is 2.32. The van der Waals surface area contributed by atoms with Crippen molar-refractivity contribution in [3.05, 3.63) is 181 Å². The van der Waals surface area contributed by atoms with Crippen molar-refractivity contribution in [2.45, 2.75) is 99.2 Å². The fraction of sp³-hybridized carbons (Fsp3) is 0.265. The van der Waals surface area contributed by atoms with Gasteiger partial charge in [-0.3, -0.25) is 13.8 Å². The van der Waals surface area contributed by atoms with E-state index in [2.05, 4.69) is 90.1 Å². The number of para-hydroxylation sites is 2. The summed E-state index contributed by atoms with van der Waals surface area (Å²) in [4.78, 5) is 25.7. The molecule has 7 rings (SSSR count). The van der Waals surface area contributed by atoms with E-state index in [9.17, 15) is 22.4 Å². The lowest BCUT2D eigenvalue weighted by atomic mass is 9.87. The number of fused-ring (bicyclic) bond motifs is 2. The van der Waals surface area contributed by atoms with Crippen LogP contribution in [0, 0.1) is 6.92 Å². The smallest absolute Gasteiger partial charge is 0.297 e. The van der Waals surface area contributed by atoms with Gasteiger partial charge in [-0.1, -0.05) is 156 Å². The van der Waals surface area contributed by atoms with E-state index < -0.39 is 23.4 Å². The minimum atomic E-state index is -4.04. The third-order valence-corrected chi connectivity index (χ3v) is 13.3. The molecule has 0 radical (unpaired) electrons.